The third-order valence-electron chi connectivity index (χ3n) is 3.59. The van der Waals surface area contributed by atoms with Crippen LogP contribution in [0.3, 0.4) is 0 Å². The van der Waals surface area contributed by atoms with Gasteiger partial charge in [-0.05, 0) is 18.9 Å². The van der Waals surface area contributed by atoms with Crippen LogP contribution in [-0.2, 0) is 26.0 Å². The van der Waals surface area contributed by atoms with Gasteiger partial charge in [0.1, 0.15) is 5.75 Å². The van der Waals surface area contributed by atoms with E-state index in [1.807, 2.05) is 28.9 Å². The second-order valence-corrected chi connectivity index (χ2v) is 4.71. The van der Waals surface area contributed by atoms with Crippen molar-refractivity contribution in [2.45, 2.75) is 39.8 Å². The number of aromatic nitrogens is 2. The molecule has 0 aliphatic heterocycles. The molecule has 4 heteroatoms. The van der Waals surface area contributed by atoms with Crippen molar-refractivity contribution in [1.82, 2.24) is 9.78 Å². The fourth-order valence-corrected chi connectivity index (χ4v) is 2.58. The molecule has 0 saturated heterocycles. The molecule has 0 fully saturated rings. The van der Waals surface area contributed by atoms with Crippen LogP contribution in [0.1, 0.15) is 36.4 Å². The molecule has 0 atom stereocenters. The second-order valence-electron chi connectivity index (χ2n) is 4.71. The first kappa shape index (κ1) is 14.6. The summed E-state index contributed by atoms with van der Waals surface area (Å²) in [4.78, 5) is 0. The Balaban J connectivity index is 2.40. The first-order chi connectivity index (χ1) is 9.74. The standard InChI is InChI=1S/C16H22N2O2/c1-4-14-13(11-19)15(5-2)18(17-14)10-12-8-6-7-9-16(12)20-3/h6-9,19H,4-5,10-11H2,1-3H3. The van der Waals surface area contributed by atoms with Gasteiger partial charge < -0.3 is 9.84 Å². The maximum Gasteiger partial charge on any atom is 0.123 e. The first-order valence-corrected chi connectivity index (χ1v) is 7.05. The molecule has 4 nitrogen and oxygen atoms in total. The summed E-state index contributed by atoms with van der Waals surface area (Å²) in [5.41, 5.74) is 4.17. The largest absolute Gasteiger partial charge is 0.496 e. The van der Waals surface area contributed by atoms with E-state index in [-0.39, 0.29) is 6.61 Å². The van der Waals surface area contributed by atoms with E-state index in [0.717, 1.165) is 41.1 Å². The van der Waals surface area contributed by atoms with Crippen LogP contribution >= 0.6 is 0 Å². The highest BCUT2D eigenvalue weighted by Gasteiger charge is 2.15. The Kier molecular flexibility index (Phi) is 4.79. The molecule has 0 bridgehead atoms. The molecule has 20 heavy (non-hydrogen) atoms. The minimum atomic E-state index is 0.0538. The van der Waals surface area contributed by atoms with Gasteiger partial charge in [-0.3, -0.25) is 4.68 Å². The number of ether oxygens (including phenoxy) is 1. The van der Waals surface area contributed by atoms with E-state index >= 15 is 0 Å². The molecular weight excluding hydrogens is 252 g/mol. The van der Waals surface area contributed by atoms with E-state index < -0.39 is 0 Å². The molecule has 108 valence electrons. The number of methoxy groups -OCH3 is 1. The predicted octanol–water partition coefficient (Wildman–Crippen LogP) is 2.56. The van der Waals surface area contributed by atoms with Crippen LogP contribution in [0.25, 0.3) is 0 Å². The smallest absolute Gasteiger partial charge is 0.123 e. The fraction of sp³-hybridized carbons (Fsp3) is 0.438. The van der Waals surface area contributed by atoms with E-state index in [1.54, 1.807) is 7.11 Å². The lowest BCUT2D eigenvalue weighted by molar-refractivity contribution is 0.279. The second kappa shape index (κ2) is 6.57. The molecule has 0 amide bonds. The Labute approximate surface area is 120 Å². The van der Waals surface area contributed by atoms with Gasteiger partial charge in [0.15, 0.2) is 0 Å². The van der Waals surface area contributed by atoms with Crippen molar-refractivity contribution in [2.24, 2.45) is 0 Å². The van der Waals surface area contributed by atoms with Crippen molar-refractivity contribution < 1.29 is 9.84 Å². The number of aliphatic hydroxyl groups is 1. The molecule has 0 saturated carbocycles. The van der Waals surface area contributed by atoms with Crippen molar-refractivity contribution >= 4 is 0 Å². The first-order valence-electron chi connectivity index (χ1n) is 7.05. The number of aryl methyl sites for hydroxylation is 1. The summed E-state index contributed by atoms with van der Waals surface area (Å²) in [7, 11) is 1.68. The lowest BCUT2D eigenvalue weighted by atomic mass is 10.1. The minimum absolute atomic E-state index is 0.0538. The van der Waals surface area contributed by atoms with Crippen molar-refractivity contribution in [3.63, 3.8) is 0 Å². The average Bonchev–Trinajstić information content (AvgIpc) is 2.84. The Morgan fingerprint density at radius 2 is 1.95 bits per heavy atom. The quantitative estimate of drug-likeness (QED) is 0.880. The van der Waals surface area contributed by atoms with Gasteiger partial charge in [-0.25, -0.2) is 0 Å². The summed E-state index contributed by atoms with van der Waals surface area (Å²) in [6, 6.07) is 7.96. The van der Waals surface area contributed by atoms with Gasteiger partial charge in [-0.1, -0.05) is 32.0 Å². The van der Waals surface area contributed by atoms with Crippen LogP contribution in [0, 0.1) is 0 Å². The Morgan fingerprint density at radius 3 is 2.55 bits per heavy atom. The monoisotopic (exact) mass is 274 g/mol. The van der Waals surface area contributed by atoms with Gasteiger partial charge in [0.05, 0.1) is 26.0 Å². The zero-order chi connectivity index (χ0) is 14.5. The summed E-state index contributed by atoms with van der Waals surface area (Å²) >= 11 is 0. The lowest BCUT2D eigenvalue weighted by Gasteiger charge is -2.10. The predicted molar refractivity (Wildman–Crippen MR) is 79.0 cm³/mol. The molecule has 0 radical (unpaired) electrons. The molecule has 2 aromatic rings. The Hall–Kier alpha value is -1.81. The van der Waals surface area contributed by atoms with E-state index in [2.05, 4.69) is 18.9 Å². The van der Waals surface area contributed by atoms with Gasteiger partial charge >= 0.3 is 0 Å². The van der Waals surface area contributed by atoms with Crippen molar-refractivity contribution in [1.29, 1.82) is 0 Å². The molecule has 0 aliphatic carbocycles. The maximum atomic E-state index is 9.56. The minimum Gasteiger partial charge on any atom is -0.496 e. The van der Waals surface area contributed by atoms with Crippen LogP contribution in [0.2, 0.25) is 0 Å². The highest BCUT2D eigenvalue weighted by molar-refractivity contribution is 5.34. The average molecular weight is 274 g/mol. The highest BCUT2D eigenvalue weighted by Crippen LogP contribution is 2.22. The fourth-order valence-electron chi connectivity index (χ4n) is 2.58. The molecule has 1 N–H and O–H groups in total. The topological polar surface area (TPSA) is 47.3 Å². The number of benzene rings is 1. The summed E-state index contributed by atoms with van der Waals surface area (Å²) in [5.74, 6) is 0.869. The van der Waals surface area contributed by atoms with Crippen LogP contribution in [0.4, 0.5) is 0 Å². The van der Waals surface area contributed by atoms with Crippen molar-refractivity contribution in [3.05, 3.63) is 46.8 Å². The van der Waals surface area contributed by atoms with Crippen molar-refractivity contribution in [3.8, 4) is 5.75 Å². The molecule has 0 aliphatic rings. The zero-order valence-corrected chi connectivity index (χ0v) is 12.4. The number of hydrogen-bond acceptors (Lipinski definition) is 3. The van der Waals surface area contributed by atoms with Crippen LogP contribution in [0.5, 0.6) is 5.75 Å². The number of para-hydroxylation sites is 1. The zero-order valence-electron chi connectivity index (χ0n) is 12.4. The SMILES string of the molecule is CCc1nn(Cc2ccccc2OC)c(CC)c1CO. The van der Waals surface area contributed by atoms with Gasteiger partial charge in [0.2, 0.25) is 0 Å². The molecule has 0 spiro atoms. The number of nitrogens with zero attached hydrogens (tertiary/aromatic N) is 2. The van der Waals surface area contributed by atoms with Gasteiger partial charge in [-0.15, -0.1) is 0 Å². The third kappa shape index (κ3) is 2.70. The van der Waals surface area contributed by atoms with E-state index in [1.165, 1.54) is 0 Å². The summed E-state index contributed by atoms with van der Waals surface area (Å²) in [5, 5.41) is 14.2. The number of aliphatic hydroxyl groups excluding tert-OH is 1. The Bertz CT molecular complexity index is 576. The van der Waals surface area contributed by atoms with Crippen molar-refractivity contribution in [2.75, 3.05) is 7.11 Å². The lowest BCUT2D eigenvalue weighted by Crippen LogP contribution is -2.08. The molecule has 1 heterocycles. The third-order valence-corrected chi connectivity index (χ3v) is 3.59. The van der Waals surface area contributed by atoms with Gasteiger partial charge in [0.25, 0.3) is 0 Å². The number of rotatable bonds is 6. The van der Waals surface area contributed by atoms with Crippen LogP contribution in [-0.4, -0.2) is 22.0 Å². The molecule has 0 unspecified atom stereocenters. The molecule has 1 aromatic carbocycles. The molecule has 1 aromatic heterocycles. The highest BCUT2D eigenvalue weighted by atomic mass is 16.5. The van der Waals surface area contributed by atoms with E-state index in [4.69, 9.17) is 4.74 Å². The molecular formula is C16H22N2O2. The van der Waals surface area contributed by atoms with E-state index in [9.17, 15) is 5.11 Å². The molecule has 2 rings (SSSR count). The van der Waals surface area contributed by atoms with Crippen LogP contribution < -0.4 is 4.74 Å². The Morgan fingerprint density at radius 1 is 1.20 bits per heavy atom. The normalized spacial score (nSPS) is 10.8. The van der Waals surface area contributed by atoms with Gasteiger partial charge in [-0.2, -0.15) is 5.10 Å². The van der Waals surface area contributed by atoms with Crippen LogP contribution in [0.15, 0.2) is 24.3 Å². The summed E-state index contributed by atoms with van der Waals surface area (Å²) < 4.78 is 7.38. The van der Waals surface area contributed by atoms with E-state index in [0.29, 0.717) is 6.54 Å². The summed E-state index contributed by atoms with van der Waals surface area (Å²) in [6.07, 6.45) is 1.69. The summed E-state index contributed by atoms with van der Waals surface area (Å²) in [6.45, 7) is 4.88. The maximum absolute atomic E-state index is 9.56. The van der Waals surface area contributed by atoms with Gasteiger partial charge in [0, 0.05) is 16.8 Å². The number of hydrogen-bond donors (Lipinski definition) is 1.